The number of halogens is 2. The van der Waals surface area contributed by atoms with Gasteiger partial charge in [-0.25, -0.2) is 4.68 Å². The van der Waals surface area contributed by atoms with Gasteiger partial charge in [0.1, 0.15) is 5.75 Å². The van der Waals surface area contributed by atoms with E-state index in [9.17, 15) is 13.6 Å². The molecule has 3 rings (SSSR count). The first-order chi connectivity index (χ1) is 13.0. The predicted molar refractivity (Wildman–Crippen MR) is 95.3 cm³/mol. The van der Waals surface area contributed by atoms with Gasteiger partial charge in [-0.1, -0.05) is 12.1 Å². The van der Waals surface area contributed by atoms with Crippen LogP contribution in [0.1, 0.15) is 35.9 Å². The van der Waals surface area contributed by atoms with Crippen molar-refractivity contribution in [2.75, 3.05) is 19.6 Å². The normalized spacial score (nSPS) is 16.7. The molecule has 1 amide bonds. The molecule has 1 aliphatic rings. The van der Waals surface area contributed by atoms with Crippen molar-refractivity contribution in [2.24, 2.45) is 0 Å². The van der Waals surface area contributed by atoms with Gasteiger partial charge in [-0.2, -0.15) is 8.78 Å². The van der Waals surface area contributed by atoms with Crippen molar-refractivity contribution >= 4 is 5.91 Å². The lowest BCUT2D eigenvalue weighted by atomic mass is 10.1. The molecule has 1 atom stereocenters. The van der Waals surface area contributed by atoms with Crippen molar-refractivity contribution in [1.82, 2.24) is 25.2 Å². The number of alkyl halides is 2. The summed E-state index contributed by atoms with van der Waals surface area (Å²) < 4.78 is 30.4. The van der Waals surface area contributed by atoms with Gasteiger partial charge in [0.05, 0.1) is 11.4 Å². The van der Waals surface area contributed by atoms with Crippen LogP contribution in [0, 0.1) is 6.92 Å². The minimum atomic E-state index is -2.87. The highest BCUT2D eigenvalue weighted by atomic mass is 19.3. The summed E-state index contributed by atoms with van der Waals surface area (Å²) in [7, 11) is 0. The third-order valence-electron chi connectivity index (χ3n) is 4.60. The Labute approximate surface area is 156 Å². The Morgan fingerprint density at radius 3 is 2.74 bits per heavy atom. The van der Waals surface area contributed by atoms with E-state index >= 15 is 0 Å². The Morgan fingerprint density at radius 1 is 1.41 bits per heavy atom. The fourth-order valence-corrected chi connectivity index (χ4v) is 3.27. The van der Waals surface area contributed by atoms with Gasteiger partial charge in [-0.15, -0.1) is 5.10 Å². The Morgan fingerprint density at radius 2 is 2.15 bits per heavy atom. The molecule has 0 aliphatic carbocycles. The summed E-state index contributed by atoms with van der Waals surface area (Å²) in [6.07, 6.45) is 1.78. The molecule has 1 N–H and O–H groups in total. The summed E-state index contributed by atoms with van der Waals surface area (Å²) >= 11 is 0. The van der Waals surface area contributed by atoms with Crippen LogP contribution >= 0.6 is 0 Å². The summed E-state index contributed by atoms with van der Waals surface area (Å²) in [4.78, 5) is 14.9. The number of nitrogens with zero attached hydrogens (tertiary/aromatic N) is 4. The average molecular weight is 379 g/mol. The van der Waals surface area contributed by atoms with Crippen molar-refractivity contribution in [3.8, 4) is 11.4 Å². The van der Waals surface area contributed by atoms with Gasteiger partial charge in [0, 0.05) is 19.1 Å². The first kappa shape index (κ1) is 19.2. The standard InChI is InChI=1S/C18H23F2N5O2/c1-3-10-24(14-8-9-21-11-14)17(26)16-12(2)25(23-22-16)13-4-6-15(7-5-13)27-18(19)20/h4-7,14,18,21H,3,8-11H2,1-2H3. The molecular weight excluding hydrogens is 356 g/mol. The maximum Gasteiger partial charge on any atom is 0.387 e. The van der Waals surface area contributed by atoms with Crippen LogP contribution in [-0.4, -0.2) is 58.1 Å². The Bertz CT molecular complexity index is 773. The summed E-state index contributed by atoms with van der Waals surface area (Å²) in [5.41, 5.74) is 1.53. The molecule has 2 heterocycles. The SMILES string of the molecule is CCCN(C(=O)c1nnn(-c2ccc(OC(F)F)cc2)c1C)C1CCNC1. The first-order valence-electron chi connectivity index (χ1n) is 9.00. The maximum atomic E-state index is 13.0. The number of aromatic nitrogens is 3. The zero-order valence-corrected chi connectivity index (χ0v) is 15.4. The molecule has 1 fully saturated rings. The molecule has 1 aromatic carbocycles. The van der Waals surface area contributed by atoms with Crippen LogP contribution in [0.25, 0.3) is 5.69 Å². The third kappa shape index (κ3) is 4.24. The molecule has 9 heteroatoms. The van der Waals surface area contributed by atoms with E-state index in [2.05, 4.69) is 20.4 Å². The van der Waals surface area contributed by atoms with Crippen molar-refractivity contribution in [3.63, 3.8) is 0 Å². The van der Waals surface area contributed by atoms with E-state index in [1.54, 1.807) is 19.1 Å². The van der Waals surface area contributed by atoms with Gasteiger partial charge in [-0.3, -0.25) is 4.79 Å². The Hall–Kier alpha value is -2.55. The van der Waals surface area contributed by atoms with Crippen LogP contribution in [0.2, 0.25) is 0 Å². The van der Waals surface area contributed by atoms with Gasteiger partial charge >= 0.3 is 6.61 Å². The van der Waals surface area contributed by atoms with E-state index in [-0.39, 0.29) is 17.7 Å². The second-order valence-electron chi connectivity index (χ2n) is 6.45. The molecule has 146 valence electrons. The smallest absolute Gasteiger partial charge is 0.387 e. The van der Waals surface area contributed by atoms with Gasteiger partial charge in [0.2, 0.25) is 0 Å². The van der Waals surface area contributed by atoms with Crippen LogP contribution in [0.3, 0.4) is 0 Å². The summed E-state index contributed by atoms with van der Waals surface area (Å²) in [6, 6.07) is 6.21. The molecule has 0 saturated carbocycles. The molecule has 1 unspecified atom stereocenters. The summed E-state index contributed by atoms with van der Waals surface area (Å²) in [5.74, 6) is -0.0716. The minimum absolute atomic E-state index is 0.0608. The molecular formula is C18H23F2N5O2. The number of hydrogen-bond donors (Lipinski definition) is 1. The van der Waals surface area contributed by atoms with E-state index in [1.807, 2.05) is 11.8 Å². The van der Waals surface area contributed by atoms with Gasteiger partial charge in [0.15, 0.2) is 5.69 Å². The molecule has 7 nitrogen and oxygen atoms in total. The van der Waals surface area contributed by atoms with Crippen LogP contribution in [0.5, 0.6) is 5.75 Å². The monoisotopic (exact) mass is 379 g/mol. The van der Waals surface area contributed by atoms with Crippen molar-refractivity contribution in [2.45, 2.75) is 39.3 Å². The van der Waals surface area contributed by atoms with Crippen LogP contribution < -0.4 is 10.1 Å². The number of hydrogen-bond acceptors (Lipinski definition) is 5. The number of nitrogens with one attached hydrogen (secondary N) is 1. The lowest BCUT2D eigenvalue weighted by Crippen LogP contribution is -2.42. The fourth-order valence-electron chi connectivity index (χ4n) is 3.27. The number of benzene rings is 1. The van der Waals surface area contributed by atoms with Crippen molar-refractivity contribution < 1.29 is 18.3 Å². The quantitative estimate of drug-likeness (QED) is 0.800. The molecule has 0 spiro atoms. The largest absolute Gasteiger partial charge is 0.435 e. The lowest BCUT2D eigenvalue weighted by Gasteiger charge is -2.27. The maximum absolute atomic E-state index is 13.0. The van der Waals surface area contributed by atoms with Gasteiger partial charge < -0.3 is 15.0 Å². The minimum Gasteiger partial charge on any atom is -0.435 e. The van der Waals surface area contributed by atoms with E-state index in [0.717, 1.165) is 25.9 Å². The number of carbonyl (C=O) groups is 1. The molecule has 2 aromatic rings. The zero-order chi connectivity index (χ0) is 19.4. The van der Waals surface area contributed by atoms with Crippen LogP contribution in [0.4, 0.5) is 8.78 Å². The molecule has 0 bridgehead atoms. The molecule has 1 saturated heterocycles. The number of rotatable bonds is 7. The number of carbonyl (C=O) groups excluding carboxylic acids is 1. The second-order valence-corrected chi connectivity index (χ2v) is 6.45. The van der Waals surface area contributed by atoms with Crippen LogP contribution in [0.15, 0.2) is 24.3 Å². The molecule has 1 aromatic heterocycles. The second kappa shape index (κ2) is 8.43. The van der Waals surface area contributed by atoms with Gasteiger partial charge in [0.25, 0.3) is 5.91 Å². The molecule has 27 heavy (non-hydrogen) atoms. The lowest BCUT2D eigenvalue weighted by molar-refractivity contribution is -0.0498. The van der Waals surface area contributed by atoms with Crippen molar-refractivity contribution in [3.05, 3.63) is 35.7 Å². The summed E-state index contributed by atoms with van der Waals surface area (Å²) in [5, 5.41) is 11.5. The zero-order valence-electron chi connectivity index (χ0n) is 15.4. The van der Waals surface area contributed by atoms with E-state index < -0.39 is 6.61 Å². The topological polar surface area (TPSA) is 72.3 Å². The molecule has 0 radical (unpaired) electrons. The third-order valence-corrected chi connectivity index (χ3v) is 4.60. The number of amides is 1. The highest BCUT2D eigenvalue weighted by molar-refractivity contribution is 5.93. The summed E-state index contributed by atoms with van der Waals surface area (Å²) in [6.45, 7) is 3.28. The van der Waals surface area contributed by atoms with Crippen molar-refractivity contribution in [1.29, 1.82) is 0 Å². The first-order valence-corrected chi connectivity index (χ1v) is 9.00. The van der Waals surface area contributed by atoms with Crippen LogP contribution in [-0.2, 0) is 0 Å². The fraction of sp³-hybridized carbons (Fsp3) is 0.500. The Kier molecular flexibility index (Phi) is 6.00. The van der Waals surface area contributed by atoms with E-state index in [4.69, 9.17) is 0 Å². The highest BCUT2D eigenvalue weighted by Gasteiger charge is 2.30. The predicted octanol–water partition coefficient (Wildman–Crippen LogP) is 2.39. The Balaban J connectivity index is 1.82. The van der Waals surface area contributed by atoms with Gasteiger partial charge in [-0.05, 0) is 50.6 Å². The highest BCUT2D eigenvalue weighted by Crippen LogP contribution is 2.20. The number of ether oxygens (including phenoxy) is 1. The molecule has 1 aliphatic heterocycles. The van der Waals surface area contributed by atoms with E-state index in [1.165, 1.54) is 16.8 Å². The average Bonchev–Trinajstić information content (AvgIpc) is 3.29. The van der Waals surface area contributed by atoms with E-state index in [0.29, 0.717) is 23.6 Å².